The molecule has 4 heteroatoms. The summed E-state index contributed by atoms with van der Waals surface area (Å²) in [5, 5.41) is 0.851. The van der Waals surface area contributed by atoms with Gasteiger partial charge in [-0.3, -0.25) is 4.57 Å². The molecule has 3 nitrogen and oxygen atoms in total. The minimum atomic E-state index is -0.340. The summed E-state index contributed by atoms with van der Waals surface area (Å²) in [6.45, 7) is 5.89. The van der Waals surface area contributed by atoms with Crippen molar-refractivity contribution in [1.29, 1.82) is 0 Å². The molecule has 0 saturated heterocycles. The Labute approximate surface area is 128 Å². The lowest BCUT2D eigenvalue weighted by molar-refractivity contribution is 0.587. The monoisotopic (exact) mass is 296 g/mol. The van der Waals surface area contributed by atoms with Gasteiger partial charge in [-0.15, -0.1) is 0 Å². The molecule has 0 N–H and O–H groups in total. The summed E-state index contributed by atoms with van der Waals surface area (Å²) in [6.07, 6.45) is 0. The van der Waals surface area contributed by atoms with E-state index < -0.39 is 0 Å². The number of rotatable bonds is 2. The van der Waals surface area contributed by atoms with E-state index >= 15 is 0 Å². The number of aromatic nitrogens is 2. The summed E-state index contributed by atoms with van der Waals surface area (Å²) in [4.78, 5) is 16.6. The lowest BCUT2D eigenvalue weighted by Gasteiger charge is -2.16. The summed E-state index contributed by atoms with van der Waals surface area (Å²) in [5.41, 5.74) is 2.72. The average molecular weight is 296 g/mol. The Hall–Kier alpha value is -2.49. The topological polar surface area (TPSA) is 34.9 Å². The van der Waals surface area contributed by atoms with Crippen molar-refractivity contribution < 1.29 is 4.39 Å². The number of halogens is 1. The van der Waals surface area contributed by atoms with Crippen LogP contribution in [0.4, 0.5) is 4.39 Å². The number of hydrogen-bond acceptors (Lipinski definition) is 2. The molecule has 1 heterocycles. The quantitative estimate of drug-likeness (QED) is 0.714. The molecule has 3 aromatic rings. The molecule has 0 saturated carbocycles. The van der Waals surface area contributed by atoms with E-state index in [1.807, 2.05) is 39.0 Å². The van der Waals surface area contributed by atoms with Gasteiger partial charge in [-0.1, -0.05) is 24.3 Å². The molecule has 2 aromatic carbocycles. The van der Waals surface area contributed by atoms with Crippen molar-refractivity contribution in [2.24, 2.45) is 0 Å². The SMILES string of the molecule is Cc1ccc2c(-c3cccc(F)c3)nc(=O)n(C(C)C)c2c1. The molecule has 22 heavy (non-hydrogen) atoms. The second kappa shape index (κ2) is 5.37. The van der Waals surface area contributed by atoms with Crippen molar-refractivity contribution in [3.63, 3.8) is 0 Å². The first-order valence-electron chi connectivity index (χ1n) is 7.26. The standard InChI is InChI=1S/C18H17FN2O/c1-11(2)21-16-9-12(3)7-8-15(16)17(20-18(21)22)13-5-4-6-14(19)10-13/h4-11H,1-3H3. The summed E-state index contributed by atoms with van der Waals surface area (Å²) in [6, 6.07) is 12.1. The molecule has 0 aliphatic rings. The Morgan fingerprint density at radius 3 is 2.59 bits per heavy atom. The van der Waals surface area contributed by atoms with E-state index in [1.165, 1.54) is 12.1 Å². The van der Waals surface area contributed by atoms with Gasteiger partial charge in [-0.2, -0.15) is 4.98 Å². The predicted molar refractivity (Wildman–Crippen MR) is 86.5 cm³/mol. The van der Waals surface area contributed by atoms with Crippen LogP contribution in [0, 0.1) is 12.7 Å². The normalized spacial score (nSPS) is 11.3. The van der Waals surface area contributed by atoms with E-state index in [-0.39, 0.29) is 17.5 Å². The van der Waals surface area contributed by atoms with Crippen LogP contribution in [-0.4, -0.2) is 9.55 Å². The van der Waals surface area contributed by atoms with Gasteiger partial charge >= 0.3 is 5.69 Å². The van der Waals surface area contributed by atoms with Gasteiger partial charge in [0.15, 0.2) is 0 Å². The molecule has 0 atom stereocenters. The highest BCUT2D eigenvalue weighted by Gasteiger charge is 2.14. The van der Waals surface area contributed by atoms with E-state index in [2.05, 4.69) is 4.98 Å². The van der Waals surface area contributed by atoms with E-state index in [9.17, 15) is 9.18 Å². The molecule has 0 bridgehead atoms. The van der Waals surface area contributed by atoms with Crippen molar-refractivity contribution in [1.82, 2.24) is 9.55 Å². The molecule has 0 radical (unpaired) electrons. The number of aryl methyl sites for hydroxylation is 1. The second-order valence-corrected chi connectivity index (χ2v) is 5.74. The zero-order chi connectivity index (χ0) is 15.9. The van der Waals surface area contributed by atoms with E-state index in [0.717, 1.165) is 16.5 Å². The second-order valence-electron chi connectivity index (χ2n) is 5.74. The Balaban J connectivity index is 2.43. The van der Waals surface area contributed by atoms with Crippen LogP contribution in [-0.2, 0) is 0 Å². The molecule has 0 fully saturated rings. The number of benzene rings is 2. The van der Waals surface area contributed by atoms with Gasteiger partial charge in [0.1, 0.15) is 5.82 Å². The fraction of sp³-hybridized carbons (Fsp3) is 0.222. The summed E-state index contributed by atoms with van der Waals surface area (Å²) in [5.74, 6) is -0.340. The van der Waals surface area contributed by atoms with Crippen molar-refractivity contribution in [3.05, 3.63) is 64.3 Å². The fourth-order valence-corrected chi connectivity index (χ4v) is 2.71. The van der Waals surface area contributed by atoms with Gasteiger partial charge in [0.05, 0.1) is 11.2 Å². The van der Waals surface area contributed by atoms with Crippen molar-refractivity contribution >= 4 is 10.9 Å². The van der Waals surface area contributed by atoms with E-state index in [4.69, 9.17) is 0 Å². The van der Waals surface area contributed by atoms with Crippen LogP contribution >= 0.6 is 0 Å². The Morgan fingerprint density at radius 1 is 1.14 bits per heavy atom. The maximum Gasteiger partial charge on any atom is 0.348 e. The van der Waals surface area contributed by atoms with Gasteiger partial charge in [0, 0.05) is 17.0 Å². The van der Waals surface area contributed by atoms with E-state index in [1.54, 1.807) is 16.7 Å². The van der Waals surface area contributed by atoms with Gasteiger partial charge in [0.25, 0.3) is 0 Å². The molecule has 1 aromatic heterocycles. The van der Waals surface area contributed by atoms with Crippen LogP contribution in [0.5, 0.6) is 0 Å². The van der Waals surface area contributed by atoms with Gasteiger partial charge < -0.3 is 0 Å². The lowest BCUT2D eigenvalue weighted by atomic mass is 10.0. The molecule has 0 aliphatic heterocycles. The van der Waals surface area contributed by atoms with Gasteiger partial charge in [-0.05, 0) is 44.5 Å². The Bertz CT molecular complexity index is 913. The minimum Gasteiger partial charge on any atom is -0.289 e. The highest BCUT2D eigenvalue weighted by Crippen LogP contribution is 2.27. The minimum absolute atomic E-state index is 0.00543. The summed E-state index contributed by atoms with van der Waals surface area (Å²) in [7, 11) is 0. The van der Waals surface area contributed by atoms with Crippen LogP contribution in [0.3, 0.4) is 0 Å². The Morgan fingerprint density at radius 2 is 1.91 bits per heavy atom. The van der Waals surface area contributed by atoms with Crippen LogP contribution in [0.2, 0.25) is 0 Å². The molecule has 0 amide bonds. The van der Waals surface area contributed by atoms with Crippen LogP contribution in [0.25, 0.3) is 22.2 Å². The lowest BCUT2D eigenvalue weighted by Crippen LogP contribution is -2.25. The first-order valence-corrected chi connectivity index (χ1v) is 7.26. The zero-order valence-corrected chi connectivity index (χ0v) is 12.8. The molecule has 112 valence electrons. The van der Waals surface area contributed by atoms with Crippen molar-refractivity contribution in [3.8, 4) is 11.3 Å². The highest BCUT2D eigenvalue weighted by molar-refractivity contribution is 5.92. The van der Waals surface area contributed by atoms with Crippen molar-refractivity contribution in [2.45, 2.75) is 26.8 Å². The maximum absolute atomic E-state index is 13.5. The summed E-state index contributed by atoms with van der Waals surface area (Å²) < 4.78 is 15.2. The molecule has 0 aliphatic carbocycles. The Kier molecular flexibility index (Phi) is 3.53. The third-order valence-electron chi connectivity index (χ3n) is 3.70. The number of nitrogens with zero attached hydrogens (tertiary/aromatic N) is 2. The third kappa shape index (κ3) is 2.41. The smallest absolute Gasteiger partial charge is 0.289 e. The summed E-state index contributed by atoms with van der Waals surface area (Å²) >= 11 is 0. The number of hydrogen-bond donors (Lipinski definition) is 0. The largest absolute Gasteiger partial charge is 0.348 e. The zero-order valence-electron chi connectivity index (χ0n) is 12.8. The first kappa shape index (κ1) is 14.4. The van der Waals surface area contributed by atoms with Gasteiger partial charge in [-0.25, -0.2) is 9.18 Å². The van der Waals surface area contributed by atoms with Crippen LogP contribution < -0.4 is 5.69 Å². The first-order chi connectivity index (χ1) is 10.5. The predicted octanol–water partition coefficient (Wildman–Crippen LogP) is 4.09. The highest BCUT2D eigenvalue weighted by atomic mass is 19.1. The number of fused-ring (bicyclic) bond motifs is 1. The third-order valence-corrected chi connectivity index (χ3v) is 3.70. The molecular weight excluding hydrogens is 279 g/mol. The van der Waals surface area contributed by atoms with Crippen molar-refractivity contribution in [2.75, 3.05) is 0 Å². The van der Waals surface area contributed by atoms with Gasteiger partial charge in [0.2, 0.25) is 0 Å². The molecule has 3 rings (SSSR count). The average Bonchev–Trinajstić information content (AvgIpc) is 2.45. The molecule has 0 spiro atoms. The molecular formula is C18H17FN2O. The molecule has 0 unspecified atom stereocenters. The fourth-order valence-electron chi connectivity index (χ4n) is 2.71. The van der Waals surface area contributed by atoms with Crippen LogP contribution in [0.15, 0.2) is 47.3 Å². The van der Waals surface area contributed by atoms with Crippen LogP contribution in [0.1, 0.15) is 25.5 Å². The van der Waals surface area contributed by atoms with E-state index in [0.29, 0.717) is 11.3 Å². The maximum atomic E-state index is 13.5.